The first-order valence-corrected chi connectivity index (χ1v) is 9.99. The Balaban J connectivity index is 1.74. The van der Waals surface area contributed by atoms with E-state index in [0.717, 1.165) is 24.0 Å². The van der Waals surface area contributed by atoms with E-state index in [1.807, 2.05) is 48.5 Å². The predicted octanol–water partition coefficient (Wildman–Crippen LogP) is 2.62. The molecule has 7 heteroatoms. The lowest BCUT2D eigenvalue weighted by Crippen LogP contribution is -2.45. The van der Waals surface area contributed by atoms with E-state index in [9.17, 15) is 9.90 Å². The molecule has 0 fully saturated rings. The number of rotatable bonds is 10. The summed E-state index contributed by atoms with van der Waals surface area (Å²) in [7, 11) is 0. The molecule has 0 bridgehead atoms. The summed E-state index contributed by atoms with van der Waals surface area (Å²) in [6.07, 6.45) is 2.42. The molecule has 0 saturated carbocycles. The molecular formula is C22H29N3O4. The average molecular weight is 399 g/mol. The number of carbonyl (C=O) groups excluding carboxylic acids is 1. The predicted molar refractivity (Wildman–Crippen MR) is 111 cm³/mol. The monoisotopic (exact) mass is 399 g/mol. The number of hydrogen-bond acceptors (Lipinski definition) is 5. The second-order valence-corrected chi connectivity index (χ2v) is 7.11. The summed E-state index contributed by atoms with van der Waals surface area (Å²) >= 11 is 0. The Labute approximate surface area is 171 Å². The molecule has 2 amide bonds. The van der Waals surface area contributed by atoms with Crippen LogP contribution < -0.4 is 20.5 Å². The number of aliphatic hydroxyl groups excluding tert-OH is 1. The molecule has 1 aliphatic rings. The molecule has 0 spiro atoms. The fourth-order valence-corrected chi connectivity index (χ4v) is 3.33. The summed E-state index contributed by atoms with van der Waals surface area (Å²) in [5.74, 6) is 1.37. The van der Waals surface area contributed by atoms with Gasteiger partial charge in [-0.3, -0.25) is 0 Å². The van der Waals surface area contributed by atoms with Gasteiger partial charge in [-0.15, -0.1) is 0 Å². The number of nitrogens with zero attached hydrogens (tertiary/aromatic N) is 1. The Bertz CT molecular complexity index is 785. The number of aliphatic hydroxyl groups is 1. The van der Waals surface area contributed by atoms with Crippen molar-refractivity contribution >= 4 is 6.03 Å². The first-order chi connectivity index (χ1) is 14.2. The number of hydrogen-bond donors (Lipinski definition) is 3. The lowest BCUT2D eigenvalue weighted by molar-refractivity contribution is 0.167. The lowest BCUT2D eigenvalue weighted by Gasteiger charge is -2.26. The number of unbranched alkanes of at least 4 members (excludes halogenated alkanes) is 1. The van der Waals surface area contributed by atoms with Gasteiger partial charge in [-0.25, -0.2) is 4.79 Å². The number of nitrogens with one attached hydrogen (secondary N) is 1. The van der Waals surface area contributed by atoms with Gasteiger partial charge >= 0.3 is 6.03 Å². The highest BCUT2D eigenvalue weighted by Gasteiger charge is 2.23. The largest absolute Gasteiger partial charge is 0.454 e. The fourth-order valence-electron chi connectivity index (χ4n) is 3.33. The van der Waals surface area contributed by atoms with Crippen LogP contribution in [0.1, 0.15) is 30.4 Å². The van der Waals surface area contributed by atoms with Gasteiger partial charge in [0.1, 0.15) is 0 Å². The zero-order valence-corrected chi connectivity index (χ0v) is 16.5. The lowest BCUT2D eigenvalue weighted by atomic mass is 10.1. The molecule has 3 rings (SSSR count). The number of benzene rings is 2. The van der Waals surface area contributed by atoms with Crippen molar-refractivity contribution in [2.24, 2.45) is 5.73 Å². The van der Waals surface area contributed by atoms with Gasteiger partial charge < -0.3 is 30.5 Å². The summed E-state index contributed by atoms with van der Waals surface area (Å²) in [6, 6.07) is 15.0. The Morgan fingerprint density at radius 3 is 2.69 bits per heavy atom. The van der Waals surface area contributed by atoms with Gasteiger partial charge in [0, 0.05) is 12.1 Å². The maximum atomic E-state index is 13.1. The van der Waals surface area contributed by atoms with Crippen LogP contribution in [0, 0.1) is 0 Å². The summed E-state index contributed by atoms with van der Waals surface area (Å²) in [4.78, 5) is 14.8. The van der Waals surface area contributed by atoms with Crippen molar-refractivity contribution in [3.05, 3.63) is 59.7 Å². The van der Waals surface area contributed by atoms with E-state index in [1.54, 1.807) is 4.90 Å². The number of ether oxygens (including phenoxy) is 2. The molecule has 2 aromatic carbocycles. The van der Waals surface area contributed by atoms with Crippen LogP contribution >= 0.6 is 0 Å². The molecule has 1 atom stereocenters. The molecule has 4 N–H and O–H groups in total. The number of fused-ring (bicyclic) bond motifs is 1. The molecule has 1 aliphatic heterocycles. The van der Waals surface area contributed by atoms with Crippen LogP contribution in [0.15, 0.2) is 48.5 Å². The van der Waals surface area contributed by atoms with Gasteiger partial charge in [0.05, 0.1) is 19.2 Å². The molecule has 1 heterocycles. The quantitative estimate of drug-likeness (QED) is 0.534. The molecule has 0 saturated heterocycles. The first-order valence-electron chi connectivity index (χ1n) is 9.99. The summed E-state index contributed by atoms with van der Waals surface area (Å²) < 4.78 is 11.0. The van der Waals surface area contributed by atoms with E-state index < -0.39 is 0 Å². The highest BCUT2D eigenvalue weighted by atomic mass is 16.7. The molecule has 2 aromatic rings. The third-order valence-corrected chi connectivity index (χ3v) is 4.90. The minimum Gasteiger partial charge on any atom is -0.454 e. The molecule has 7 nitrogen and oxygen atoms in total. The number of amides is 2. The Morgan fingerprint density at radius 2 is 1.93 bits per heavy atom. The van der Waals surface area contributed by atoms with Crippen molar-refractivity contribution in [3.63, 3.8) is 0 Å². The molecule has 0 aliphatic carbocycles. The Hall–Kier alpha value is -2.77. The van der Waals surface area contributed by atoms with Crippen LogP contribution in [-0.4, -0.2) is 42.0 Å². The van der Waals surface area contributed by atoms with E-state index >= 15 is 0 Å². The Morgan fingerprint density at radius 1 is 1.10 bits per heavy atom. The van der Waals surface area contributed by atoms with Gasteiger partial charge in [-0.2, -0.15) is 0 Å². The van der Waals surface area contributed by atoms with E-state index in [-0.39, 0.29) is 25.5 Å². The maximum absolute atomic E-state index is 13.1. The van der Waals surface area contributed by atoms with Gasteiger partial charge in [0.25, 0.3) is 0 Å². The third kappa shape index (κ3) is 5.85. The SMILES string of the molecule is NCCCCC(CO)NC(=O)N(Cc1ccccc1)Cc1cccc2c1OCO2. The number of carbonyl (C=O) groups is 1. The zero-order chi connectivity index (χ0) is 20.5. The first kappa shape index (κ1) is 21.0. The summed E-state index contributed by atoms with van der Waals surface area (Å²) in [6.45, 7) is 1.50. The van der Waals surface area contributed by atoms with E-state index in [0.29, 0.717) is 37.6 Å². The third-order valence-electron chi connectivity index (χ3n) is 4.90. The van der Waals surface area contributed by atoms with E-state index in [4.69, 9.17) is 15.2 Å². The molecule has 156 valence electrons. The van der Waals surface area contributed by atoms with Crippen LogP contribution in [0.3, 0.4) is 0 Å². The van der Waals surface area contributed by atoms with Crippen LogP contribution in [-0.2, 0) is 13.1 Å². The zero-order valence-electron chi connectivity index (χ0n) is 16.5. The number of para-hydroxylation sites is 1. The van der Waals surface area contributed by atoms with Crippen LogP contribution in [0.25, 0.3) is 0 Å². The molecule has 0 aromatic heterocycles. The smallest absolute Gasteiger partial charge is 0.318 e. The second-order valence-electron chi connectivity index (χ2n) is 7.11. The van der Waals surface area contributed by atoms with Crippen molar-refractivity contribution in [3.8, 4) is 11.5 Å². The van der Waals surface area contributed by atoms with Crippen LogP contribution in [0.4, 0.5) is 4.79 Å². The summed E-state index contributed by atoms with van der Waals surface area (Å²) in [5.41, 5.74) is 7.45. The van der Waals surface area contributed by atoms with Crippen molar-refractivity contribution in [1.82, 2.24) is 10.2 Å². The van der Waals surface area contributed by atoms with E-state index in [1.165, 1.54) is 0 Å². The highest BCUT2D eigenvalue weighted by Crippen LogP contribution is 2.36. The molecular weight excluding hydrogens is 370 g/mol. The van der Waals surface area contributed by atoms with Crippen LogP contribution in [0.5, 0.6) is 11.5 Å². The number of urea groups is 1. The van der Waals surface area contributed by atoms with Gasteiger partial charge in [-0.05, 0) is 31.0 Å². The average Bonchev–Trinajstić information content (AvgIpc) is 3.23. The van der Waals surface area contributed by atoms with Gasteiger partial charge in [0.15, 0.2) is 11.5 Å². The topological polar surface area (TPSA) is 97.0 Å². The van der Waals surface area contributed by atoms with Crippen molar-refractivity contribution in [2.75, 3.05) is 19.9 Å². The van der Waals surface area contributed by atoms with Crippen molar-refractivity contribution < 1.29 is 19.4 Å². The normalized spacial score (nSPS) is 13.2. The Kier molecular flexibility index (Phi) is 7.72. The van der Waals surface area contributed by atoms with E-state index in [2.05, 4.69) is 5.32 Å². The minimum atomic E-state index is -0.298. The molecule has 1 unspecified atom stereocenters. The highest BCUT2D eigenvalue weighted by molar-refractivity contribution is 5.74. The standard InChI is InChI=1S/C22H29N3O4/c23-12-5-4-10-19(15-26)24-22(27)25(13-17-7-2-1-3-8-17)14-18-9-6-11-20-21(18)29-16-28-20/h1-3,6-9,11,19,26H,4-5,10,12-16,23H2,(H,24,27). The summed E-state index contributed by atoms with van der Waals surface area (Å²) in [5, 5.41) is 12.6. The van der Waals surface area contributed by atoms with Crippen LogP contribution in [0.2, 0.25) is 0 Å². The van der Waals surface area contributed by atoms with Crippen molar-refractivity contribution in [1.29, 1.82) is 0 Å². The maximum Gasteiger partial charge on any atom is 0.318 e. The minimum absolute atomic E-state index is 0.104. The fraction of sp³-hybridized carbons (Fsp3) is 0.409. The molecule has 29 heavy (non-hydrogen) atoms. The number of nitrogens with two attached hydrogens (primary N) is 1. The van der Waals surface area contributed by atoms with Gasteiger partial charge in [0.2, 0.25) is 6.79 Å². The second kappa shape index (κ2) is 10.7. The van der Waals surface area contributed by atoms with Gasteiger partial charge in [-0.1, -0.05) is 48.9 Å². The van der Waals surface area contributed by atoms with Crippen molar-refractivity contribution in [2.45, 2.75) is 38.4 Å². The molecule has 0 radical (unpaired) electrons.